The van der Waals surface area contributed by atoms with Crippen LogP contribution in [0.4, 0.5) is 5.69 Å². The lowest BCUT2D eigenvalue weighted by Crippen LogP contribution is -2.41. The van der Waals surface area contributed by atoms with E-state index >= 15 is 0 Å². The number of nitrogens with zero attached hydrogens (tertiary/aromatic N) is 2. The predicted octanol–water partition coefficient (Wildman–Crippen LogP) is 2.85. The van der Waals surface area contributed by atoms with Crippen molar-refractivity contribution in [2.75, 3.05) is 0 Å². The molecule has 1 aromatic rings. The lowest BCUT2D eigenvalue weighted by Gasteiger charge is -2.29. The molecule has 1 atom stereocenters. The minimum Gasteiger partial charge on any atom is -0.258 e. The normalized spacial score (nSPS) is 20.1. The monoisotopic (exact) mass is 324 g/mol. The minimum absolute atomic E-state index is 0.0313. The van der Waals surface area contributed by atoms with E-state index in [1.54, 1.807) is 11.2 Å². The summed E-state index contributed by atoms with van der Waals surface area (Å²) in [6.07, 6.45) is 3.89. The van der Waals surface area contributed by atoms with Crippen molar-refractivity contribution in [2.45, 2.75) is 56.5 Å². The fourth-order valence-electron chi connectivity index (χ4n) is 2.96. The molecular formula is C15H20N2O4S. The highest BCUT2D eigenvalue weighted by atomic mass is 32.2. The van der Waals surface area contributed by atoms with Crippen LogP contribution in [0.25, 0.3) is 0 Å². The maximum atomic E-state index is 13.1. The van der Waals surface area contributed by atoms with Gasteiger partial charge in [0.15, 0.2) is 0 Å². The van der Waals surface area contributed by atoms with E-state index in [4.69, 9.17) is 0 Å². The number of rotatable bonds is 6. The molecule has 120 valence electrons. The van der Waals surface area contributed by atoms with E-state index in [2.05, 4.69) is 0 Å². The summed E-state index contributed by atoms with van der Waals surface area (Å²) in [5.41, 5.74) is 0.373. The molecule has 2 aliphatic carbocycles. The molecule has 1 aromatic carbocycles. The van der Waals surface area contributed by atoms with Gasteiger partial charge < -0.3 is 0 Å². The van der Waals surface area contributed by atoms with Crippen molar-refractivity contribution in [2.24, 2.45) is 5.92 Å². The van der Waals surface area contributed by atoms with Crippen molar-refractivity contribution in [3.63, 3.8) is 0 Å². The number of nitro benzene ring substituents is 1. The Kier molecular flexibility index (Phi) is 3.72. The smallest absolute Gasteiger partial charge is 0.258 e. The van der Waals surface area contributed by atoms with Gasteiger partial charge >= 0.3 is 0 Å². The third kappa shape index (κ3) is 2.75. The highest BCUT2D eigenvalue weighted by Gasteiger charge is 2.46. The topological polar surface area (TPSA) is 80.5 Å². The lowest BCUT2D eigenvalue weighted by atomic mass is 10.2. The molecule has 2 saturated carbocycles. The van der Waals surface area contributed by atoms with Gasteiger partial charge in [0.25, 0.3) is 5.69 Å². The van der Waals surface area contributed by atoms with E-state index in [0.717, 1.165) is 25.7 Å². The zero-order valence-corrected chi connectivity index (χ0v) is 13.5. The van der Waals surface area contributed by atoms with Crippen molar-refractivity contribution in [3.05, 3.63) is 33.9 Å². The molecule has 2 aliphatic rings. The molecule has 22 heavy (non-hydrogen) atoms. The minimum atomic E-state index is -3.70. The average molecular weight is 324 g/mol. The molecule has 0 spiro atoms. The first-order valence-electron chi connectivity index (χ1n) is 7.61. The van der Waals surface area contributed by atoms with Gasteiger partial charge in [-0.25, -0.2) is 8.42 Å². The molecule has 0 N–H and O–H groups in total. The van der Waals surface area contributed by atoms with Crippen LogP contribution in [0.2, 0.25) is 0 Å². The fraction of sp³-hybridized carbons (Fsp3) is 0.600. The van der Waals surface area contributed by atoms with Crippen LogP contribution in [-0.2, 0) is 10.0 Å². The van der Waals surface area contributed by atoms with Gasteiger partial charge in [0.05, 0.1) is 9.82 Å². The van der Waals surface area contributed by atoms with E-state index in [1.807, 2.05) is 6.92 Å². The predicted molar refractivity (Wildman–Crippen MR) is 82.1 cm³/mol. The van der Waals surface area contributed by atoms with Crippen LogP contribution in [0, 0.1) is 23.0 Å². The third-order valence-electron chi connectivity index (χ3n) is 4.55. The molecule has 0 amide bonds. The van der Waals surface area contributed by atoms with Crippen LogP contribution < -0.4 is 0 Å². The van der Waals surface area contributed by atoms with E-state index in [1.165, 1.54) is 18.2 Å². The maximum Gasteiger partial charge on any atom is 0.270 e. The summed E-state index contributed by atoms with van der Waals surface area (Å²) < 4.78 is 27.8. The summed E-state index contributed by atoms with van der Waals surface area (Å²) in [4.78, 5) is 10.5. The number of hydrogen-bond donors (Lipinski definition) is 0. The Morgan fingerprint density at radius 2 is 1.91 bits per heavy atom. The highest BCUT2D eigenvalue weighted by molar-refractivity contribution is 7.89. The maximum absolute atomic E-state index is 13.1. The van der Waals surface area contributed by atoms with E-state index in [9.17, 15) is 18.5 Å². The van der Waals surface area contributed by atoms with Crippen LogP contribution in [0.3, 0.4) is 0 Å². The van der Waals surface area contributed by atoms with Crippen LogP contribution in [0.5, 0.6) is 0 Å². The number of hydrogen-bond acceptors (Lipinski definition) is 4. The number of non-ortho nitro benzene ring substituents is 1. The summed E-state index contributed by atoms with van der Waals surface area (Å²) in [6.45, 7) is 3.64. The van der Waals surface area contributed by atoms with Gasteiger partial charge in [-0.15, -0.1) is 0 Å². The van der Waals surface area contributed by atoms with Gasteiger partial charge in [-0.2, -0.15) is 4.31 Å². The van der Waals surface area contributed by atoms with E-state index < -0.39 is 14.9 Å². The molecule has 0 heterocycles. The van der Waals surface area contributed by atoms with Gasteiger partial charge in [0, 0.05) is 24.2 Å². The summed E-state index contributed by atoms with van der Waals surface area (Å²) in [5.74, 6) is 0.425. The number of benzene rings is 1. The molecule has 0 saturated heterocycles. The molecule has 2 fully saturated rings. The average Bonchev–Trinajstić information content (AvgIpc) is 3.31. The summed E-state index contributed by atoms with van der Waals surface area (Å²) in [5, 5.41) is 11.0. The van der Waals surface area contributed by atoms with Crippen LogP contribution in [0.15, 0.2) is 23.1 Å². The van der Waals surface area contributed by atoms with Crippen LogP contribution >= 0.6 is 0 Å². The number of nitro groups is 1. The molecule has 0 aromatic heterocycles. The Bertz CT molecular complexity index is 708. The molecule has 1 unspecified atom stereocenters. The van der Waals surface area contributed by atoms with Crippen LogP contribution in [-0.4, -0.2) is 29.7 Å². The summed E-state index contributed by atoms with van der Waals surface area (Å²) in [7, 11) is -3.70. The quantitative estimate of drug-likeness (QED) is 0.595. The second kappa shape index (κ2) is 5.31. The molecule has 7 heteroatoms. The first-order valence-corrected chi connectivity index (χ1v) is 9.05. The lowest BCUT2D eigenvalue weighted by molar-refractivity contribution is -0.385. The van der Waals surface area contributed by atoms with Crippen molar-refractivity contribution >= 4 is 15.7 Å². The fourth-order valence-corrected chi connectivity index (χ4v) is 5.14. The first-order chi connectivity index (χ1) is 10.3. The van der Waals surface area contributed by atoms with Crippen molar-refractivity contribution in [1.29, 1.82) is 0 Å². The Morgan fingerprint density at radius 1 is 1.27 bits per heavy atom. The molecule has 6 nitrogen and oxygen atoms in total. The highest BCUT2D eigenvalue weighted by Crippen LogP contribution is 2.43. The van der Waals surface area contributed by atoms with Gasteiger partial charge in [-0.1, -0.05) is 6.07 Å². The van der Waals surface area contributed by atoms with E-state index in [0.29, 0.717) is 11.5 Å². The second-order valence-corrected chi connectivity index (χ2v) is 8.16. The molecule has 0 aliphatic heterocycles. The molecular weight excluding hydrogens is 304 g/mol. The Labute approximate surface area is 130 Å². The summed E-state index contributed by atoms with van der Waals surface area (Å²) >= 11 is 0. The van der Waals surface area contributed by atoms with Gasteiger partial charge in [0.2, 0.25) is 10.0 Å². The number of sulfonamides is 1. The van der Waals surface area contributed by atoms with Gasteiger partial charge in [0.1, 0.15) is 0 Å². The zero-order valence-electron chi connectivity index (χ0n) is 12.7. The Hall–Kier alpha value is -1.47. The Morgan fingerprint density at radius 3 is 2.41 bits per heavy atom. The molecule has 0 bridgehead atoms. The SMILES string of the molecule is Cc1ccc([N+](=O)[O-])cc1S(=O)(=O)N(C1CC1)C(C)C1CC1. The zero-order chi connectivity index (χ0) is 16.1. The second-order valence-electron chi connectivity index (χ2n) is 6.35. The van der Waals surface area contributed by atoms with E-state index in [-0.39, 0.29) is 22.7 Å². The molecule has 0 radical (unpaired) electrons. The largest absolute Gasteiger partial charge is 0.270 e. The number of aryl methyl sites for hydroxylation is 1. The van der Waals surface area contributed by atoms with Gasteiger partial charge in [-0.05, 0) is 51.0 Å². The summed E-state index contributed by atoms with van der Waals surface area (Å²) in [6, 6.07) is 4.08. The Balaban J connectivity index is 2.03. The van der Waals surface area contributed by atoms with Crippen molar-refractivity contribution in [1.82, 2.24) is 4.31 Å². The standard InChI is InChI=1S/C15H20N2O4S/c1-10-3-6-14(17(18)19)9-15(10)22(20,21)16(13-7-8-13)11(2)12-4-5-12/h3,6,9,11-13H,4-5,7-8H2,1-2H3. The van der Waals surface area contributed by atoms with Crippen LogP contribution in [0.1, 0.15) is 38.2 Å². The molecule has 3 rings (SSSR count). The van der Waals surface area contributed by atoms with Crippen molar-refractivity contribution < 1.29 is 13.3 Å². The third-order valence-corrected chi connectivity index (χ3v) is 6.73. The first kappa shape index (κ1) is 15.4. The van der Waals surface area contributed by atoms with Crippen molar-refractivity contribution in [3.8, 4) is 0 Å². The van der Waals surface area contributed by atoms with Gasteiger partial charge in [-0.3, -0.25) is 10.1 Å².